The molecule has 1 aliphatic rings. The number of aromatic nitrogens is 2. The molecule has 0 aliphatic carbocycles. The van der Waals surface area contributed by atoms with Gasteiger partial charge in [0.1, 0.15) is 5.41 Å². The van der Waals surface area contributed by atoms with Crippen LogP contribution in [0.3, 0.4) is 0 Å². The van der Waals surface area contributed by atoms with Crippen LogP contribution in [0.15, 0.2) is 42.7 Å². The number of aryl methyl sites for hydroxylation is 2. The van der Waals surface area contributed by atoms with Crippen LogP contribution in [0.25, 0.3) is 0 Å². The third-order valence-corrected chi connectivity index (χ3v) is 5.44. The molecule has 1 aromatic heterocycles. The van der Waals surface area contributed by atoms with E-state index in [0.29, 0.717) is 32.5 Å². The first kappa shape index (κ1) is 19.5. The number of benzene rings is 1. The maximum Gasteiger partial charge on any atom is 0.313 e. The molecule has 3 rings (SSSR count). The summed E-state index contributed by atoms with van der Waals surface area (Å²) in [6, 6.07) is 10.0. The van der Waals surface area contributed by atoms with Crippen molar-refractivity contribution in [1.29, 1.82) is 0 Å². The van der Waals surface area contributed by atoms with Crippen molar-refractivity contribution in [1.82, 2.24) is 14.9 Å². The van der Waals surface area contributed by atoms with Gasteiger partial charge in [-0.1, -0.05) is 30.3 Å². The van der Waals surface area contributed by atoms with E-state index in [-0.39, 0.29) is 0 Å². The van der Waals surface area contributed by atoms with Gasteiger partial charge in [0.05, 0.1) is 17.5 Å². The molecule has 6 nitrogen and oxygen atoms in total. The summed E-state index contributed by atoms with van der Waals surface area (Å²) in [7, 11) is 0. The summed E-state index contributed by atoms with van der Waals surface area (Å²) in [6.07, 6.45) is 5.07. The molecule has 0 radical (unpaired) electrons. The van der Waals surface area contributed by atoms with Gasteiger partial charge in [-0.3, -0.25) is 19.7 Å². The number of aliphatic carboxylic acids is 1. The lowest BCUT2D eigenvalue weighted by Crippen LogP contribution is -2.55. The molecule has 27 heavy (non-hydrogen) atoms. The van der Waals surface area contributed by atoms with Crippen molar-refractivity contribution in [3.63, 3.8) is 0 Å². The van der Waals surface area contributed by atoms with Gasteiger partial charge in [-0.15, -0.1) is 0 Å². The van der Waals surface area contributed by atoms with Crippen LogP contribution in [-0.4, -0.2) is 50.2 Å². The summed E-state index contributed by atoms with van der Waals surface area (Å²) in [5.74, 6) is -0.914. The lowest BCUT2D eigenvalue weighted by Gasteiger charge is -2.43. The Morgan fingerprint density at radius 3 is 2.70 bits per heavy atom. The number of likely N-dealkylation sites (tertiary alicyclic amines) is 1. The Bertz CT molecular complexity index is 751. The van der Waals surface area contributed by atoms with Crippen molar-refractivity contribution in [2.75, 3.05) is 13.1 Å². The molecule has 144 valence electrons. The number of aliphatic hydroxyl groups excluding tert-OH is 1. The van der Waals surface area contributed by atoms with Gasteiger partial charge in [0.2, 0.25) is 0 Å². The number of carboxylic acid groups (broad SMARTS) is 1. The molecule has 2 heterocycles. The van der Waals surface area contributed by atoms with Gasteiger partial charge in [0, 0.05) is 32.0 Å². The molecule has 1 saturated heterocycles. The zero-order valence-corrected chi connectivity index (χ0v) is 15.7. The Hall–Kier alpha value is -2.31. The third kappa shape index (κ3) is 4.70. The van der Waals surface area contributed by atoms with Gasteiger partial charge < -0.3 is 10.2 Å². The number of hydrogen-bond acceptors (Lipinski definition) is 5. The second kappa shape index (κ2) is 8.59. The highest BCUT2D eigenvalue weighted by atomic mass is 16.4. The first-order valence-corrected chi connectivity index (χ1v) is 9.45. The maximum atomic E-state index is 12.2. The van der Waals surface area contributed by atoms with Crippen molar-refractivity contribution in [2.45, 2.75) is 45.3 Å². The Balaban J connectivity index is 1.67. The van der Waals surface area contributed by atoms with Crippen LogP contribution in [0, 0.1) is 12.3 Å². The third-order valence-electron chi connectivity index (χ3n) is 5.44. The molecular formula is C21H27N3O3. The predicted molar refractivity (Wildman–Crippen MR) is 102 cm³/mol. The Morgan fingerprint density at radius 1 is 1.26 bits per heavy atom. The fourth-order valence-corrected chi connectivity index (χ4v) is 3.85. The van der Waals surface area contributed by atoms with E-state index in [1.807, 2.05) is 37.3 Å². The van der Waals surface area contributed by atoms with E-state index in [0.717, 1.165) is 24.2 Å². The smallest absolute Gasteiger partial charge is 0.313 e. The standard InChI is InChI=1S/C21H27N3O3/c1-16-12-23-18(13-22-16)14-24-11-9-19(25)21(15-24,20(26)27)10-5-8-17-6-3-2-4-7-17/h2-4,6-7,12-13,19,25H,5,8-11,14-15H2,1H3,(H,26,27)/t19-,21-/m1/s1. The molecule has 0 spiro atoms. The van der Waals surface area contributed by atoms with Crippen molar-refractivity contribution in [3.8, 4) is 0 Å². The fourth-order valence-electron chi connectivity index (χ4n) is 3.85. The second-order valence-corrected chi connectivity index (χ2v) is 7.46. The second-order valence-electron chi connectivity index (χ2n) is 7.46. The summed E-state index contributed by atoms with van der Waals surface area (Å²) in [4.78, 5) is 22.9. The highest BCUT2D eigenvalue weighted by molar-refractivity contribution is 5.76. The van der Waals surface area contributed by atoms with E-state index in [1.54, 1.807) is 12.4 Å². The van der Waals surface area contributed by atoms with Crippen LogP contribution in [0.1, 0.15) is 36.2 Å². The number of hydrogen-bond donors (Lipinski definition) is 2. The van der Waals surface area contributed by atoms with E-state index >= 15 is 0 Å². The summed E-state index contributed by atoms with van der Waals surface area (Å²) >= 11 is 0. The number of carbonyl (C=O) groups is 1. The quantitative estimate of drug-likeness (QED) is 0.780. The zero-order valence-electron chi connectivity index (χ0n) is 15.7. The predicted octanol–water partition coefficient (Wildman–Crippen LogP) is 2.45. The highest BCUT2D eigenvalue weighted by Gasteiger charge is 2.48. The first-order chi connectivity index (χ1) is 13.0. The molecule has 2 atom stereocenters. The van der Waals surface area contributed by atoms with Gasteiger partial charge in [0.25, 0.3) is 0 Å². The molecule has 0 bridgehead atoms. The summed E-state index contributed by atoms with van der Waals surface area (Å²) in [6.45, 7) is 3.42. The van der Waals surface area contributed by atoms with Gasteiger partial charge in [-0.25, -0.2) is 0 Å². The van der Waals surface area contributed by atoms with Crippen LogP contribution in [0.4, 0.5) is 0 Å². The number of rotatable bonds is 7. The molecule has 0 amide bonds. The molecule has 1 fully saturated rings. The minimum Gasteiger partial charge on any atom is -0.481 e. The van der Waals surface area contributed by atoms with Gasteiger partial charge in [-0.2, -0.15) is 0 Å². The minimum absolute atomic E-state index is 0.327. The SMILES string of the molecule is Cc1cnc(CN2CC[C@@H](O)[C@](CCCc3ccccc3)(C(=O)O)C2)cn1. The van der Waals surface area contributed by atoms with E-state index in [4.69, 9.17) is 0 Å². The topological polar surface area (TPSA) is 86.5 Å². The lowest BCUT2D eigenvalue weighted by molar-refractivity contribution is -0.164. The number of aliphatic hydroxyl groups is 1. The van der Waals surface area contributed by atoms with E-state index in [2.05, 4.69) is 14.9 Å². The minimum atomic E-state index is -1.13. The number of carboxylic acids is 1. The van der Waals surface area contributed by atoms with E-state index in [1.165, 1.54) is 5.56 Å². The molecule has 2 aromatic rings. The fraction of sp³-hybridized carbons (Fsp3) is 0.476. The van der Waals surface area contributed by atoms with E-state index < -0.39 is 17.5 Å². The maximum absolute atomic E-state index is 12.2. The van der Waals surface area contributed by atoms with Crippen LogP contribution in [-0.2, 0) is 17.8 Å². The number of nitrogens with zero attached hydrogens (tertiary/aromatic N) is 3. The Kier molecular flexibility index (Phi) is 6.19. The lowest BCUT2D eigenvalue weighted by atomic mass is 9.73. The monoisotopic (exact) mass is 369 g/mol. The van der Waals surface area contributed by atoms with Crippen molar-refractivity contribution in [2.24, 2.45) is 5.41 Å². The average Bonchev–Trinajstić information content (AvgIpc) is 2.67. The van der Waals surface area contributed by atoms with Gasteiger partial charge in [-0.05, 0) is 38.2 Å². The molecule has 2 N–H and O–H groups in total. The summed E-state index contributed by atoms with van der Waals surface area (Å²) < 4.78 is 0. The molecule has 1 aromatic carbocycles. The van der Waals surface area contributed by atoms with Crippen molar-refractivity contribution >= 4 is 5.97 Å². The Labute approximate surface area is 159 Å². The molecule has 0 unspecified atom stereocenters. The van der Waals surface area contributed by atoms with Crippen molar-refractivity contribution in [3.05, 3.63) is 59.7 Å². The van der Waals surface area contributed by atoms with Crippen LogP contribution in [0.2, 0.25) is 0 Å². The van der Waals surface area contributed by atoms with Gasteiger partial charge >= 0.3 is 5.97 Å². The summed E-state index contributed by atoms with van der Waals surface area (Å²) in [5.41, 5.74) is 1.73. The van der Waals surface area contributed by atoms with Gasteiger partial charge in [0.15, 0.2) is 0 Å². The zero-order chi connectivity index (χ0) is 19.3. The molecule has 6 heteroatoms. The van der Waals surface area contributed by atoms with Crippen LogP contribution >= 0.6 is 0 Å². The molecule has 0 saturated carbocycles. The highest BCUT2D eigenvalue weighted by Crippen LogP contribution is 2.36. The van der Waals surface area contributed by atoms with Crippen LogP contribution in [0.5, 0.6) is 0 Å². The average molecular weight is 369 g/mol. The number of piperidine rings is 1. The van der Waals surface area contributed by atoms with Crippen LogP contribution < -0.4 is 0 Å². The molecular weight excluding hydrogens is 342 g/mol. The van der Waals surface area contributed by atoms with E-state index in [9.17, 15) is 15.0 Å². The largest absolute Gasteiger partial charge is 0.481 e. The van der Waals surface area contributed by atoms with Crippen molar-refractivity contribution < 1.29 is 15.0 Å². The summed E-state index contributed by atoms with van der Waals surface area (Å²) in [5, 5.41) is 20.5. The Morgan fingerprint density at radius 2 is 2.04 bits per heavy atom. The first-order valence-electron chi connectivity index (χ1n) is 9.45. The normalized spacial score (nSPS) is 23.3. The molecule has 1 aliphatic heterocycles.